The van der Waals surface area contributed by atoms with Gasteiger partial charge in [0.05, 0.1) is 0 Å². The first kappa shape index (κ1) is 10.2. The minimum Gasteiger partial charge on any atom is -0.508 e. The average molecular weight is 217 g/mol. The number of likely N-dealkylation sites (tertiary alicyclic amines) is 1. The summed E-state index contributed by atoms with van der Waals surface area (Å²) in [4.78, 5) is 2.50. The Bertz CT molecular complexity index is 399. The molecule has 1 N–H and O–H groups in total. The Balaban J connectivity index is 1.99. The van der Waals surface area contributed by atoms with Gasteiger partial charge >= 0.3 is 0 Å². The highest BCUT2D eigenvalue weighted by Gasteiger charge is 2.45. The summed E-state index contributed by atoms with van der Waals surface area (Å²) < 4.78 is 0. The van der Waals surface area contributed by atoms with Crippen molar-refractivity contribution in [1.82, 2.24) is 4.90 Å². The third kappa shape index (κ3) is 1.44. The molecule has 0 aromatic heterocycles. The van der Waals surface area contributed by atoms with Crippen LogP contribution in [-0.2, 0) is 5.41 Å². The van der Waals surface area contributed by atoms with Crippen molar-refractivity contribution >= 4 is 0 Å². The van der Waals surface area contributed by atoms with Gasteiger partial charge < -0.3 is 10.0 Å². The molecule has 2 bridgehead atoms. The van der Waals surface area contributed by atoms with E-state index in [0.717, 1.165) is 12.6 Å². The van der Waals surface area contributed by atoms with Gasteiger partial charge in [-0.15, -0.1) is 0 Å². The van der Waals surface area contributed by atoms with Crippen LogP contribution in [0.4, 0.5) is 0 Å². The summed E-state index contributed by atoms with van der Waals surface area (Å²) in [6.45, 7) is 1.15. The molecule has 1 aromatic carbocycles. The molecule has 86 valence electrons. The van der Waals surface area contributed by atoms with E-state index in [1.807, 2.05) is 12.1 Å². The third-order valence-corrected chi connectivity index (χ3v) is 4.45. The van der Waals surface area contributed by atoms with Gasteiger partial charge in [0.15, 0.2) is 0 Å². The van der Waals surface area contributed by atoms with Gasteiger partial charge in [0.2, 0.25) is 0 Å². The molecule has 0 spiro atoms. The highest BCUT2D eigenvalue weighted by Crippen LogP contribution is 2.47. The number of phenols is 1. The number of nitrogens with zero attached hydrogens (tertiary/aromatic N) is 1. The summed E-state index contributed by atoms with van der Waals surface area (Å²) in [6.07, 6.45) is 5.21. The molecule has 1 aliphatic carbocycles. The Morgan fingerprint density at radius 3 is 3.12 bits per heavy atom. The lowest BCUT2D eigenvalue weighted by Gasteiger charge is -2.32. The minimum atomic E-state index is 0.316. The van der Waals surface area contributed by atoms with E-state index in [0.29, 0.717) is 11.2 Å². The van der Waals surface area contributed by atoms with E-state index in [1.54, 1.807) is 6.07 Å². The maximum Gasteiger partial charge on any atom is 0.115 e. The molecule has 0 unspecified atom stereocenters. The zero-order valence-electron chi connectivity index (χ0n) is 9.82. The van der Waals surface area contributed by atoms with Crippen LogP contribution in [-0.4, -0.2) is 29.6 Å². The summed E-state index contributed by atoms with van der Waals surface area (Å²) in [7, 11) is 2.24. The van der Waals surface area contributed by atoms with Crippen molar-refractivity contribution in [1.29, 1.82) is 0 Å². The zero-order valence-corrected chi connectivity index (χ0v) is 9.82. The topological polar surface area (TPSA) is 23.5 Å². The van der Waals surface area contributed by atoms with Crippen LogP contribution in [0.5, 0.6) is 5.75 Å². The smallest absolute Gasteiger partial charge is 0.115 e. The number of fused-ring (bicyclic) bond motifs is 2. The van der Waals surface area contributed by atoms with Gasteiger partial charge in [-0.25, -0.2) is 0 Å². The van der Waals surface area contributed by atoms with Gasteiger partial charge in [0.25, 0.3) is 0 Å². The van der Waals surface area contributed by atoms with Gasteiger partial charge in [-0.05, 0) is 44.0 Å². The maximum absolute atomic E-state index is 9.62. The first-order chi connectivity index (χ1) is 7.70. The van der Waals surface area contributed by atoms with Crippen LogP contribution in [0, 0.1) is 0 Å². The standard InChI is InChI=1S/C14H19NO/c1-15-10-14(7-3-5-12(15)9-14)11-4-2-6-13(16)8-11/h2,4,6,8,12,16H,3,5,7,9-10H2,1H3/t12-,14-/m1/s1. The minimum absolute atomic E-state index is 0.316. The van der Waals surface area contributed by atoms with Crippen molar-refractivity contribution in [2.75, 3.05) is 13.6 Å². The lowest BCUT2D eigenvalue weighted by molar-refractivity contribution is 0.294. The van der Waals surface area contributed by atoms with Crippen molar-refractivity contribution in [3.05, 3.63) is 29.8 Å². The van der Waals surface area contributed by atoms with Crippen molar-refractivity contribution < 1.29 is 5.11 Å². The lowest BCUT2D eigenvalue weighted by Crippen LogP contribution is -2.29. The largest absolute Gasteiger partial charge is 0.508 e. The molecule has 3 rings (SSSR count). The van der Waals surface area contributed by atoms with Gasteiger partial charge in [-0.1, -0.05) is 18.6 Å². The number of likely N-dealkylation sites (N-methyl/N-ethyl adjacent to an activating group) is 1. The second-order valence-corrected chi connectivity index (χ2v) is 5.50. The summed E-state index contributed by atoms with van der Waals surface area (Å²) in [5.41, 5.74) is 1.65. The molecular formula is C14H19NO. The predicted molar refractivity (Wildman–Crippen MR) is 64.7 cm³/mol. The Kier molecular flexibility index (Phi) is 2.21. The van der Waals surface area contributed by atoms with Crippen LogP contribution in [0.25, 0.3) is 0 Å². The molecule has 2 aliphatic rings. The van der Waals surface area contributed by atoms with Gasteiger partial charge in [-0.2, -0.15) is 0 Å². The number of phenolic OH excluding ortho intramolecular Hbond substituents is 1. The number of hydrogen-bond donors (Lipinski definition) is 1. The second kappa shape index (κ2) is 3.49. The molecule has 1 aromatic rings. The summed E-state index contributed by atoms with van der Waals surface area (Å²) in [6, 6.07) is 8.64. The zero-order chi connectivity index (χ0) is 11.2. The van der Waals surface area contributed by atoms with E-state index in [9.17, 15) is 5.11 Å². The third-order valence-electron chi connectivity index (χ3n) is 4.45. The Morgan fingerprint density at radius 2 is 2.31 bits per heavy atom. The van der Waals surface area contributed by atoms with Crippen LogP contribution < -0.4 is 0 Å². The van der Waals surface area contributed by atoms with Crippen molar-refractivity contribution in [2.45, 2.75) is 37.1 Å². The normalized spacial score (nSPS) is 34.2. The molecule has 16 heavy (non-hydrogen) atoms. The molecule has 2 fully saturated rings. The highest BCUT2D eigenvalue weighted by molar-refractivity contribution is 5.35. The Hall–Kier alpha value is -1.02. The molecule has 1 heterocycles. The van der Waals surface area contributed by atoms with E-state index >= 15 is 0 Å². The summed E-state index contributed by atoms with van der Waals surface area (Å²) in [5.74, 6) is 0.406. The number of aromatic hydroxyl groups is 1. The molecule has 0 amide bonds. The second-order valence-electron chi connectivity index (χ2n) is 5.50. The number of rotatable bonds is 1. The summed E-state index contributed by atoms with van der Waals surface area (Å²) >= 11 is 0. The van der Waals surface area contributed by atoms with Gasteiger partial charge in [0.1, 0.15) is 5.75 Å². The van der Waals surface area contributed by atoms with Crippen molar-refractivity contribution in [3.8, 4) is 5.75 Å². The number of hydrogen-bond acceptors (Lipinski definition) is 2. The van der Waals surface area contributed by atoms with Gasteiger partial charge in [0, 0.05) is 18.0 Å². The van der Waals surface area contributed by atoms with Crippen molar-refractivity contribution in [3.63, 3.8) is 0 Å². The van der Waals surface area contributed by atoms with Crippen molar-refractivity contribution in [2.24, 2.45) is 0 Å². The van der Waals surface area contributed by atoms with Crippen LogP contribution in [0.15, 0.2) is 24.3 Å². The highest BCUT2D eigenvalue weighted by atomic mass is 16.3. The fourth-order valence-electron chi connectivity index (χ4n) is 3.65. The summed E-state index contributed by atoms with van der Waals surface area (Å²) in [5, 5.41) is 9.62. The molecule has 1 saturated heterocycles. The quantitative estimate of drug-likeness (QED) is 0.781. The van der Waals surface area contributed by atoms with E-state index in [1.165, 1.54) is 31.2 Å². The van der Waals surface area contributed by atoms with Crippen LogP contribution >= 0.6 is 0 Å². The molecule has 1 aliphatic heterocycles. The van der Waals surface area contributed by atoms with E-state index < -0.39 is 0 Å². The molecule has 0 radical (unpaired) electrons. The number of benzene rings is 1. The predicted octanol–water partition coefficient (Wildman–Crippen LogP) is 2.52. The maximum atomic E-state index is 9.62. The fraction of sp³-hybridized carbons (Fsp3) is 0.571. The molecular weight excluding hydrogens is 198 g/mol. The van der Waals surface area contributed by atoms with Crippen LogP contribution in [0.1, 0.15) is 31.2 Å². The Morgan fingerprint density at radius 1 is 1.44 bits per heavy atom. The van der Waals surface area contributed by atoms with Gasteiger partial charge in [-0.3, -0.25) is 0 Å². The van der Waals surface area contributed by atoms with Crippen LogP contribution in [0.2, 0.25) is 0 Å². The first-order valence-corrected chi connectivity index (χ1v) is 6.19. The fourth-order valence-corrected chi connectivity index (χ4v) is 3.65. The molecule has 2 heteroatoms. The first-order valence-electron chi connectivity index (χ1n) is 6.19. The monoisotopic (exact) mass is 217 g/mol. The van der Waals surface area contributed by atoms with Crippen LogP contribution in [0.3, 0.4) is 0 Å². The molecule has 2 nitrogen and oxygen atoms in total. The molecule has 1 saturated carbocycles. The SMILES string of the molecule is CN1C[C@@]2(c3cccc(O)c3)CCC[C@@H]1C2. The van der Waals surface area contributed by atoms with E-state index in [-0.39, 0.29) is 0 Å². The average Bonchev–Trinajstić information content (AvgIpc) is 2.51. The molecule has 2 atom stereocenters. The lowest BCUT2D eigenvalue weighted by atomic mass is 9.71. The Labute approximate surface area is 96.9 Å². The van der Waals surface area contributed by atoms with E-state index in [4.69, 9.17) is 0 Å². The van der Waals surface area contributed by atoms with E-state index in [2.05, 4.69) is 18.0 Å².